The number of rotatable bonds is 5. The van der Waals surface area contributed by atoms with Crippen molar-refractivity contribution in [2.75, 3.05) is 18.6 Å². The number of ketones is 1. The summed E-state index contributed by atoms with van der Waals surface area (Å²) in [6.07, 6.45) is 7.30. The second kappa shape index (κ2) is 7.17. The molecule has 1 aromatic carbocycles. The Morgan fingerprint density at radius 1 is 1.14 bits per heavy atom. The second-order valence-electron chi connectivity index (χ2n) is 8.21. The van der Waals surface area contributed by atoms with Gasteiger partial charge in [-0.15, -0.1) is 0 Å². The Kier molecular flexibility index (Phi) is 4.62. The molecule has 4 aliphatic rings. The van der Waals surface area contributed by atoms with E-state index in [0.717, 1.165) is 17.7 Å². The third-order valence-corrected chi connectivity index (χ3v) is 7.38. The highest BCUT2D eigenvalue weighted by molar-refractivity contribution is 7.98. The first-order valence-electron chi connectivity index (χ1n) is 10.1. The van der Waals surface area contributed by atoms with Crippen LogP contribution in [0, 0.1) is 23.7 Å². The Morgan fingerprint density at radius 3 is 2.59 bits per heavy atom. The lowest BCUT2D eigenvalue weighted by molar-refractivity contribution is -0.125. The van der Waals surface area contributed by atoms with Crippen molar-refractivity contribution < 1.29 is 19.1 Å². The van der Waals surface area contributed by atoms with Crippen molar-refractivity contribution in [3.63, 3.8) is 0 Å². The van der Waals surface area contributed by atoms with Crippen molar-refractivity contribution in [2.24, 2.45) is 23.7 Å². The monoisotopic (exact) mass is 409 g/mol. The van der Waals surface area contributed by atoms with Crippen LogP contribution in [0.4, 0.5) is 4.79 Å². The zero-order valence-electron chi connectivity index (χ0n) is 16.2. The Hall–Kier alpha value is -2.34. The zero-order chi connectivity index (χ0) is 20.1. The minimum atomic E-state index is -0.587. The van der Waals surface area contributed by atoms with Crippen LogP contribution in [0.1, 0.15) is 18.4 Å². The number of carbonyl (C=O) groups excluding carboxylic acids is 3. The van der Waals surface area contributed by atoms with E-state index in [9.17, 15) is 14.4 Å². The van der Waals surface area contributed by atoms with E-state index in [-0.39, 0.29) is 48.0 Å². The molecule has 5 nitrogen and oxygen atoms in total. The van der Waals surface area contributed by atoms with E-state index < -0.39 is 6.09 Å². The average molecular weight is 410 g/mol. The van der Waals surface area contributed by atoms with E-state index in [1.54, 1.807) is 11.8 Å². The van der Waals surface area contributed by atoms with Gasteiger partial charge in [0.1, 0.15) is 6.61 Å². The van der Waals surface area contributed by atoms with Crippen molar-refractivity contribution in [1.82, 2.24) is 4.90 Å². The Bertz CT molecular complexity index is 937. The number of hydrogen-bond donors (Lipinski definition) is 0. The minimum absolute atomic E-state index is 0.0506. The van der Waals surface area contributed by atoms with Gasteiger partial charge >= 0.3 is 6.09 Å². The molecule has 150 valence electrons. The van der Waals surface area contributed by atoms with Gasteiger partial charge in [-0.2, -0.15) is 11.8 Å². The summed E-state index contributed by atoms with van der Waals surface area (Å²) in [5.41, 5.74) is 1.80. The number of hydrogen-bond acceptors (Lipinski definition) is 5. The van der Waals surface area contributed by atoms with Crippen LogP contribution in [0.15, 0.2) is 48.1 Å². The summed E-state index contributed by atoms with van der Waals surface area (Å²) in [4.78, 5) is 41.0. The number of fused-ring (bicyclic) bond motifs is 5. The van der Waals surface area contributed by atoms with Gasteiger partial charge in [0.25, 0.3) is 5.91 Å². The van der Waals surface area contributed by atoms with Gasteiger partial charge in [0.15, 0.2) is 5.78 Å². The highest BCUT2D eigenvalue weighted by atomic mass is 32.2. The zero-order valence-corrected chi connectivity index (χ0v) is 17.1. The number of nitrogens with zero attached hydrogens (tertiary/aromatic N) is 1. The third kappa shape index (κ3) is 2.80. The minimum Gasteiger partial charge on any atom is -0.447 e. The summed E-state index contributed by atoms with van der Waals surface area (Å²) >= 11 is 1.68. The highest BCUT2D eigenvalue weighted by Crippen LogP contribution is 2.58. The van der Waals surface area contributed by atoms with E-state index >= 15 is 0 Å². The molecule has 2 amide bonds. The lowest BCUT2D eigenvalue weighted by Gasteiger charge is -2.26. The smallest absolute Gasteiger partial charge is 0.417 e. The van der Waals surface area contributed by atoms with Gasteiger partial charge in [-0.3, -0.25) is 9.59 Å². The third-order valence-electron chi connectivity index (χ3n) is 6.74. The standard InChI is InChI=1S/C23H23NO4S/c1-29-10-9-16-12-28-23(27)24(16)22(26)20-17-14-7-8-15(11-14)19(17)21(25)18(20)13-5-3-2-4-6-13/h2-8,14-17,19H,9-12H2,1H3/t14-,15+,16-,17+,19-/m0/s1. The Balaban J connectivity index is 1.60. The van der Waals surface area contributed by atoms with E-state index in [4.69, 9.17) is 4.74 Å². The molecule has 2 bridgehead atoms. The van der Waals surface area contributed by atoms with Crippen LogP contribution < -0.4 is 0 Å². The summed E-state index contributed by atoms with van der Waals surface area (Å²) in [7, 11) is 0. The van der Waals surface area contributed by atoms with Crippen molar-refractivity contribution >= 4 is 35.1 Å². The molecule has 1 aliphatic heterocycles. The molecule has 5 atom stereocenters. The molecule has 1 aromatic rings. The molecule has 0 N–H and O–H groups in total. The predicted octanol–water partition coefficient (Wildman–Crippen LogP) is 3.56. The lowest BCUT2D eigenvalue weighted by atomic mass is 9.81. The molecule has 6 heteroatoms. The summed E-state index contributed by atoms with van der Waals surface area (Å²) < 4.78 is 5.23. The second-order valence-corrected chi connectivity index (χ2v) is 9.19. The molecule has 1 heterocycles. The molecule has 0 radical (unpaired) electrons. The molecule has 1 saturated carbocycles. The SMILES string of the molecule is CSCC[C@H]1COC(=O)N1C(=O)C1=C(c2ccccc2)C(=O)[C@@H]2[C@H]1[C@H]1C=C[C@@H]2C1. The summed E-state index contributed by atoms with van der Waals surface area (Å²) in [6.45, 7) is 0.229. The van der Waals surface area contributed by atoms with Crippen LogP contribution >= 0.6 is 11.8 Å². The lowest BCUT2D eigenvalue weighted by Crippen LogP contribution is -2.41. The van der Waals surface area contributed by atoms with Crippen molar-refractivity contribution in [1.29, 1.82) is 0 Å². The number of cyclic esters (lactones) is 1. The number of thioether (sulfide) groups is 1. The molecular formula is C23H23NO4S. The Morgan fingerprint density at radius 2 is 1.86 bits per heavy atom. The van der Waals surface area contributed by atoms with Gasteiger partial charge in [0, 0.05) is 23.0 Å². The van der Waals surface area contributed by atoms with Crippen molar-refractivity contribution in [2.45, 2.75) is 18.9 Å². The number of carbonyl (C=O) groups is 3. The predicted molar refractivity (Wildman–Crippen MR) is 111 cm³/mol. The fourth-order valence-corrected chi connectivity index (χ4v) is 6.00. The molecule has 1 saturated heterocycles. The van der Waals surface area contributed by atoms with E-state index in [0.29, 0.717) is 17.6 Å². The number of allylic oxidation sites excluding steroid dienone is 3. The average Bonchev–Trinajstić information content (AvgIpc) is 3.49. The molecule has 2 fully saturated rings. The van der Waals surface area contributed by atoms with Crippen LogP contribution in [0.5, 0.6) is 0 Å². The number of ether oxygens (including phenoxy) is 1. The highest BCUT2D eigenvalue weighted by Gasteiger charge is 2.58. The number of Topliss-reactive ketones (excluding diaryl/α,β-unsaturated/α-hetero) is 1. The molecular weight excluding hydrogens is 386 g/mol. The summed E-state index contributed by atoms with van der Waals surface area (Å²) in [5.74, 6) is 0.636. The normalized spacial score (nSPS) is 32.3. The molecule has 29 heavy (non-hydrogen) atoms. The number of benzene rings is 1. The molecule has 3 aliphatic carbocycles. The number of amides is 2. The molecule has 0 aromatic heterocycles. The van der Waals surface area contributed by atoms with Gasteiger partial charge in [-0.05, 0) is 42.2 Å². The van der Waals surface area contributed by atoms with Crippen LogP contribution in [-0.4, -0.2) is 47.3 Å². The maximum absolute atomic E-state index is 13.8. The van der Waals surface area contributed by atoms with E-state index in [2.05, 4.69) is 12.2 Å². The molecule has 0 spiro atoms. The van der Waals surface area contributed by atoms with E-state index in [1.165, 1.54) is 4.90 Å². The maximum Gasteiger partial charge on any atom is 0.417 e. The Labute approximate surface area is 174 Å². The fourth-order valence-electron chi connectivity index (χ4n) is 5.50. The van der Waals surface area contributed by atoms with Gasteiger partial charge in [0.05, 0.1) is 6.04 Å². The van der Waals surface area contributed by atoms with Crippen molar-refractivity contribution in [3.05, 3.63) is 53.6 Å². The quantitative estimate of drug-likeness (QED) is 0.696. The molecule has 0 unspecified atom stereocenters. The first kappa shape index (κ1) is 18.7. The summed E-state index contributed by atoms with van der Waals surface area (Å²) in [5, 5.41) is 0. The van der Waals surface area contributed by atoms with Gasteiger partial charge in [-0.1, -0.05) is 42.5 Å². The fraction of sp³-hybridized carbons (Fsp3) is 0.435. The van der Waals surface area contributed by atoms with Gasteiger partial charge in [0.2, 0.25) is 0 Å². The van der Waals surface area contributed by atoms with E-state index in [1.807, 2.05) is 36.6 Å². The van der Waals surface area contributed by atoms with Gasteiger partial charge in [-0.25, -0.2) is 9.69 Å². The first-order chi connectivity index (χ1) is 14.1. The summed E-state index contributed by atoms with van der Waals surface area (Å²) in [6, 6.07) is 9.14. The van der Waals surface area contributed by atoms with Crippen molar-refractivity contribution in [3.8, 4) is 0 Å². The van der Waals surface area contributed by atoms with Crippen LogP contribution in [0.2, 0.25) is 0 Å². The van der Waals surface area contributed by atoms with Crippen LogP contribution in [0.25, 0.3) is 5.57 Å². The number of imide groups is 1. The van der Waals surface area contributed by atoms with Crippen LogP contribution in [0.3, 0.4) is 0 Å². The first-order valence-corrected chi connectivity index (χ1v) is 11.5. The topological polar surface area (TPSA) is 63.7 Å². The molecule has 5 rings (SSSR count). The maximum atomic E-state index is 13.8. The van der Waals surface area contributed by atoms with Gasteiger partial charge < -0.3 is 4.74 Å². The largest absolute Gasteiger partial charge is 0.447 e. The van der Waals surface area contributed by atoms with Crippen LogP contribution in [-0.2, 0) is 14.3 Å².